The van der Waals surface area contributed by atoms with Crippen molar-refractivity contribution in [3.8, 4) is 0 Å². The molecule has 0 spiro atoms. The van der Waals surface area contributed by atoms with Gasteiger partial charge in [-0.25, -0.2) is 13.1 Å². The molecule has 0 radical (unpaired) electrons. The molecule has 19 heavy (non-hydrogen) atoms. The quantitative estimate of drug-likeness (QED) is 0.756. The Morgan fingerprint density at radius 3 is 2.16 bits per heavy atom. The van der Waals surface area contributed by atoms with Crippen molar-refractivity contribution >= 4 is 15.7 Å². The molecule has 0 fully saturated rings. The second-order valence-electron chi connectivity index (χ2n) is 4.98. The summed E-state index contributed by atoms with van der Waals surface area (Å²) in [6, 6.07) is 6.89. The number of sulfonamides is 1. The molecular formula is C14H24N2O2S. The fraction of sp³-hybridized carbons (Fsp3) is 0.571. The normalized spacial score (nSPS) is 13.7. The average Bonchev–Trinajstić information content (AvgIpc) is 2.32. The summed E-state index contributed by atoms with van der Waals surface area (Å²) in [6.07, 6.45) is 1.95. The van der Waals surface area contributed by atoms with E-state index in [1.807, 2.05) is 6.92 Å². The predicted molar refractivity (Wildman–Crippen MR) is 80.1 cm³/mol. The molecule has 4 nitrogen and oxygen atoms in total. The minimum atomic E-state index is -3.30. The highest BCUT2D eigenvalue weighted by molar-refractivity contribution is 7.88. The third kappa shape index (κ3) is 5.20. The number of rotatable bonds is 7. The molecule has 1 unspecified atom stereocenters. The lowest BCUT2D eigenvalue weighted by Gasteiger charge is -2.22. The van der Waals surface area contributed by atoms with Crippen LogP contribution in [0, 0.1) is 5.92 Å². The Labute approximate surface area is 116 Å². The Kier molecular flexibility index (Phi) is 5.82. The van der Waals surface area contributed by atoms with Gasteiger partial charge in [-0.1, -0.05) is 38.8 Å². The van der Waals surface area contributed by atoms with Crippen molar-refractivity contribution in [3.63, 3.8) is 0 Å². The first-order valence-electron chi connectivity index (χ1n) is 6.72. The van der Waals surface area contributed by atoms with Gasteiger partial charge in [0.15, 0.2) is 0 Å². The molecule has 0 aliphatic rings. The van der Waals surface area contributed by atoms with E-state index in [0.29, 0.717) is 11.6 Å². The number of hydrogen-bond donors (Lipinski definition) is 2. The van der Waals surface area contributed by atoms with Crippen LogP contribution in [0.2, 0.25) is 0 Å². The highest BCUT2D eigenvalue weighted by Gasteiger charge is 2.20. The fourth-order valence-corrected chi connectivity index (χ4v) is 3.72. The van der Waals surface area contributed by atoms with Gasteiger partial charge in [0.2, 0.25) is 10.0 Å². The van der Waals surface area contributed by atoms with Crippen molar-refractivity contribution in [2.45, 2.75) is 45.4 Å². The zero-order chi connectivity index (χ0) is 14.5. The molecule has 1 aromatic rings. The molecule has 0 aliphatic carbocycles. The summed E-state index contributed by atoms with van der Waals surface area (Å²) < 4.78 is 26.9. The van der Waals surface area contributed by atoms with Gasteiger partial charge in [-0.3, -0.25) is 0 Å². The van der Waals surface area contributed by atoms with E-state index in [1.165, 1.54) is 0 Å². The summed E-state index contributed by atoms with van der Waals surface area (Å²) >= 11 is 0. The van der Waals surface area contributed by atoms with Crippen LogP contribution in [0.1, 0.15) is 39.2 Å². The first-order valence-corrected chi connectivity index (χ1v) is 8.37. The van der Waals surface area contributed by atoms with E-state index in [0.717, 1.165) is 18.4 Å². The number of nitrogens with two attached hydrogens (primary N) is 1. The maximum Gasteiger partial charge on any atom is 0.216 e. The minimum absolute atomic E-state index is 0.00221. The smallest absolute Gasteiger partial charge is 0.216 e. The van der Waals surface area contributed by atoms with Crippen LogP contribution in [0.25, 0.3) is 0 Å². The molecule has 108 valence electrons. The van der Waals surface area contributed by atoms with Gasteiger partial charge in [0.25, 0.3) is 0 Å². The summed E-state index contributed by atoms with van der Waals surface area (Å²) in [5, 5.41) is 0. The second kappa shape index (κ2) is 6.91. The van der Waals surface area contributed by atoms with E-state index in [4.69, 9.17) is 5.73 Å². The number of benzene rings is 1. The summed E-state index contributed by atoms with van der Waals surface area (Å²) in [7, 11) is -3.30. The van der Waals surface area contributed by atoms with Crippen LogP contribution in [0.3, 0.4) is 0 Å². The monoisotopic (exact) mass is 284 g/mol. The lowest BCUT2D eigenvalue weighted by molar-refractivity contribution is 0.390. The van der Waals surface area contributed by atoms with Crippen molar-refractivity contribution in [3.05, 3.63) is 29.8 Å². The van der Waals surface area contributed by atoms with E-state index in [-0.39, 0.29) is 11.8 Å². The van der Waals surface area contributed by atoms with Gasteiger partial charge >= 0.3 is 0 Å². The molecule has 0 amide bonds. The number of nitrogens with one attached hydrogen (secondary N) is 1. The van der Waals surface area contributed by atoms with Crippen LogP contribution >= 0.6 is 0 Å². The SMILES string of the molecule is CCC(CC)C(C)NS(=O)(=O)Cc1ccc(N)cc1. The van der Waals surface area contributed by atoms with Gasteiger partial charge in [0.1, 0.15) is 0 Å². The number of anilines is 1. The zero-order valence-electron chi connectivity index (χ0n) is 11.9. The number of nitrogen functional groups attached to an aromatic ring is 1. The van der Waals surface area contributed by atoms with Gasteiger partial charge in [-0.05, 0) is 30.5 Å². The maximum atomic E-state index is 12.1. The van der Waals surface area contributed by atoms with Gasteiger partial charge in [0, 0.05) is 11.7 Å². The highest BCUT2D eigenvalue weighted by Crippen LogP contribution is 2.15. The molecule has 0 bridgehead atoms. The van der Waals surface area contributed by atoms with Gasteiger partial charge < -0.3 is 5.73 Å². The molecule has 0 aliphatic heterocycles. The van der Waals surface area contributed by atoms with E-state index in [2.05, 4.69) is 18.6 Å². The fourth-order valence-electron chi connectivity index (χ4n) is 2.25. The lowest BCUT2D eigenvalue weighted by Crippen LogP contribution is -2.38. The van der Waals surface area contributed by atoms with Crippen LogP contribution in [-0.4, -0.2) is 14.5 Å². The van der Waals surface area contributed by atoms with Crippen molar-refractivity contribution in [1.82, 2.24) is 4.72 Å². The summed E-state index contributed by atoms with van der Waals surface area (Å²) in [5.41, 5.74) is 6.97. The molecule has 1 atom stereocenters. The third-order valence-corrected chi connectivity index (χ3v) is 4.90. The molecule has 0 heterocycles. The lowest BCUT2D eigenvalue weighted by atomic mass is 9.96. The maximum absolute atomic E-state index is 12.1. The van der Waals surface area contributed by atoms with Crippen molar-refractivity contribution in [1.29, 1.82) is 0 Å². The van der Waals surface area contributed by atoms with Gasteiger partial charge in [-0.15, -0.1) is 0 Å². The van der Waals surface area contributed by atoms with Crippen LogP contribution in [0.4, 0.5) is 5.69 Å². The van der Waals surface area contributed by atoms with Crippen LogP contribution in [-0.2, 0) is 15.8 Å². The first kappa shape index (κ1) is 16.0. The predicted octanol–water partition coefficient (Wildman–Crippen LogP) is 2.51. The molecular weight excluding hydrogens is 260 g/mol. The number of hydrogen-bond acceptors (Lipinski definition) is 3. The Hall–Kier alpha value is -1.07. The Balaban J connectivity index is 2.68. The Morgan fingerprint density at radius 2 is 1.68 bits per heavy atom. The van der Waals surface area contributed by atoms with Gasteiger partial charge in [-0.2, -0.15) is 0 Å². The summed E-state index contributed by atoms with van der Waals surface area (Å²) in [4.78, 5) is 0. The molecule has 0 aromatic heterocycles. The van der Waals surface area contributed by atoms with Crippen molar-refractivity contribution in [2.75, 3.05) is 5.73 Å². The van der Waals surface area contributed by atoms with E-state index in [1.54, 1.807) is 24.3 Å². The molecule has 1 aromatic carbocycles. The van der Waals surface area contributed by atoms with Crippen LogP contribution in [0.15, 0.2) is 24.3 Å². The van der Waals surface area contributed by atoms with Crippen LogP contribution < -0.4 is 10.5 Å². The molecule has 1 rings (SSSR count). The van der Waals surface area contributed by atoms with E-state index in [9.17, 15) is 8.42 Å². The van der Waals surface area contributed by atoms with Gasteiger partial charge in [0.05, 0.1) is 5.75 Å². The second-order valence-corrected chi connectivity index (χ2v) is 6.74. The third-order valence-electron chi connectivity index (χ3n) is 3.46. The first-order chi connectivity index (χ1) is 8.88. The molecule has 5 heteroatoms. The van der Waals surface area contributed by atoms with E-state index >= 15 is 0 Å². The van der Waals surface area contributed by atoms with Crippen molar-refractivity contribution in [2.24, 2.45) is 5.92 Å². The summed E-state index contributed by atoms with van der Waals surface area (Å²) in [5.74, 6) is 0.374. The standard InChI is InChI=1S/C14H24N2O2S/c1-4-13(5-2)11(3)16-19(17,18)10-12-6-8-14(15)9-7-12/h6-9,11,13,16H,4-5,10,15H2,1-3H3. The summed E-state index contributed by atoms with van der Waals surface area (Å²) in [6.45, 7) is 6.09. The largest absolute Gasteiger partial charge is 0.399 e. The van der Waals surface area contributed by atoms with Crippen molar-refractivity contribution < 1.29 is 8.42 Å². The molecule has 0 saturated heterocycles. The highest BCUT2D eigenvalue weighted by atomic mass is 32.2. The van der Waals surface area contributed by atoms with Crippen LogP contribution in [0.5, 0.6) is 0 Å². The zero-order valence-corrected chi connectivity index (χ0v) is 12.7. The topological polar surface area (TPSA) is 72.2 Å². The Morgan fingerprint density at radius 1 is 1.16 bits per heavy atom. The van der Waals surface area contributed by atoms with E-state index < -0.39 is 10.0 Å². The Bertz CT molecular complexity index is 479. The molecule has 3 N–H and O–H groups in total. The molecule has 0 saturated carbocycles. The minimum Gasteiger partial charge on any atom is -0.399 e. The average molecular weight is 284 g/mol.